The fourth-order valence-electron chi connectivity index (χ4n) is 3.47. The molecule has 0 radical (unpaired) electrons. The summed E-state index contributed by atoms with van der Waals surface area (Å²) < 4.78 is 0. The summed E-state index contributed by atoms with van der Waals surface area (Å²) in [5, 5.41) is 3.74. The number of hydrogen-bond acceptors (Lipinski definition) is 6. The Morgan fingerprint density at radius 3 is 2.50 bits per heavy atom. The molecule has 3 aromatic rings. The molecule has 7 heteroatoms. The van der Waals surface area contributed by atoms with E-state index < -0.39 is 0 Å². The van der Waals surface area contributed by atoms with E-state index in [1.54, 1.807) is 6.33 Å². The Morgan fingerprint density at radius 1 is 0.967 bits per heavy atom. The van der Waals surface area contributed by atoms with Crippen LogP contribution in [-0.2, 0) is 4.79 Å². The third-order valence-corrected chi connectivity index (χ3v) is 5.93. The van der Waals surface area contributed by atoms with Gasteiger partial charge >= 0.3 is 0 Å². The fraction of sp³-hybridized carbons (Fsp3) is 0.261. The van der Waals surface area contributed by atoms with E-state index in [9.17, 15) is 4.79 Å². The second-order valence-electron chi connectivity index (χ2n) is 7.23. The summed E-state index contributed by atoms with van der Waals surface area (Å²) in [5.41, 5.74) is 3.20. The van der Waals surface area contributed by atoms with Crippen LogP contribution in [0.3, 0.4) is 0 Å². The first kappa shape index (κ1) is 20.2. The zero-order valence-electron chi connectivity index (χ0n) is 17.0. The Hall–Kier alpha value is -3.06. The van der Waals surface area contributed by atoms with Gasteiger partial charge in [-0.25, -0.2) is 9.97 Å². The van der Waals surface area contributed by atoms with Crippen LogP contribution in [0.5, 0.6) is 0 Å². The van der Waals surface area contributed by atoms with E-state index in [1.165, 1.54) is 17.4 Å². The van der Waals surface area contributed by atoms with Gasteiger partial charge in [0.25, 0.3) is 0 Å². The molecule has 0 spiro atoms. The lowest BCUT2D eigenvalue weighted by Crippen LogP contribution is -2.46. The van der Waals surface area contributed by atoms with E-state index >= 15 is 0 Å². The maximum atomic E-state index is 12.3. The number of anilines is 3. The van der Waals surface area contributed by atoms with Crippen molar-refractivity contribution in [2.24, 2.45) is 0 Å². The van der Waals surface area contributed by atoms with Crippen molar-refractivity contribution in [1.29, 1.82) is 0 Å². The van der Waals surface area contributed by atoms with E-state index in [0.717, 1.165) is 48.3 Å². The molecule has 0 saturated carbocycles. The molecule has 30 heavy (non-hydrogen) atoms. The van der Waals surface area contributed by atoms with E-state index in [1.807, 2.05) is 43.3 Å². The molecule has 1 N–H and O–H groups in total. The number of para-hydroxylation sites is 1. The van der Waals surface area contributed by atoms with Gasteiger partial charge in [-0.1, -0.05) is 42.1 Å². The maximum absolute atomic E-state index is 12.3. The highest BCUT2D eigenvalue weighted by Crippen LogP contribution is 2.23. The summed E-state index contributed by atoms with van der Waals surface area (Å²) in [5.74, 6) is 1.19. The van der Waals surface area contributed by atoms with Crippen LogP contribution in [-0.4, -0.2) is 47.8 Å². The van der Waals surface area contributed by atoms with Gasteiger partial charge < -0.3 is 15.1 Å². The van der Waals surface area contributed by atoms with Crippen molar-refractivity contribution >= 4 is 34.9 Å². The number of rotatable bonds is 6. The van der Waals surface area contributed by atoms with Crippen LogP contribution in [0.25, 0.3) is 0 Å². The van der Waals surface area contributed by atoms with Gasteiger partial charge in [-0.3, -0.25) is 4.79 Å². The number of carbonyl (C=O) groups is 1. The zero-order chi connectivity index (χ0) is 20.8. The predicted molar refractivity (Wildman–Crippen MR) is 123 cm³/mol. The highest BCUT2D eigenvalue weighted by molar-refractivity contribution is 7.99. The lowest BCUT2D eigenvalue weighted by Gasteiger charge is -2.36. The van der Waals surface area contributed by atoms with Crippen molar-refractivity contribution < 1.29 is 4.79 Å². The van der Waals surface area contributed by atoms with Crippen molar-refractivity contribution in [1.82, 2.24) is 9.97 Å². The topological polar surface area (TPSA) is 61.4 Å². The SMILES string of the molecule is Cc1cccc(NC(=O)CSc2cc(N3CCN(c4ccccc4)CC3)ncn2)c1. The number of aromatic nitrogens is 2. The Bertz CT molecular complexity index is 990. The van der Waals surface area contributed by atoms with Gasteiger partial charge in [0.15, 0.2) is 0 Å². The predicted octanol–water partition coefficient (Wildman–Crippen LogP) is 3.84. The molecular weight excluding hydrogens is 394 g/mol. The molecule has 1 amide bonds. The molecule has 1 saturated heterocycles. The molecule has 1 aromatic heterocycles. The highest BCUT2D eigenvalue weighted by Gasteiger charge is 2.19. The van der Waals surface area contributed by atoms with Gasteiger partial charge in [-0.15, -0.1) is 0 Å². The molecule has 4 rings (SSSR count). The van der Waals surface area contributed by atoms with E-state index in [4.69, 9.17) is 0 Å². The number of piperazine rings is 1. The zero-order valence-corrected chi connectivity index (χ0v) is 17.8. The van der Waals surface area contributed by atoms with E-state index in [2.05, 4.69) is 49.4 Å². The van der Waals surface area contributed by atoms with Crippen LogP contribution in [0.2, 0.25) is 0 Å². The normalized spacial score (nSPS) is 13.9. The number of nitrogens with one attached hydrogen (secondary N) is 1. The average Bonchev–Trinajstić information content (AvgIpc) is 2.79. The average molecular weight is 420 g/mol. The van der Waals surface area contributed by atoms with Gasteiger partial charge in [0.05, 0.1) is 5.75 Å². The summed E-state index contributed by atoms with van der Waals surface area (Å²) >= 11 is 1.43. The highest BCUT2D eigenvalue weighted by atomic mass is 32.2. The van der Waals surface area contributed by atoms with Crippen molar-refractivity contribution in [3.05, 3.63) is 72.6 Å². The minimum Gasteiger partial charge on any atom is -0.368 e. The lowest BCUT2D eigenvalue weighted by atomic mass is 10.2. The van der Waals surface area contributed by atoms with E-state index in [-0.39, 0.29) is 5.91 Å². The third kappa shape index (κ3) is 5.30. The van der Waals surface area contributed by atoms with Crippen molar-refractivity contribution in [3.8, 4) is 0 Å². The molecule has 154 valence electrons. The first-order valence-corrected chi connectivity index (χ1v) is 11.0. The second kappa shape index (κ2) is 9.63. The monoisotopic (exact) mass is 419 g/mol. The molecular formula is C23H25N5OS. The van der Waals surface area contributed by atoms with Crippen LogP contribution < -0.4 is 15.1 Å². The maximum Gasteiger partial charge on any atom is 0.234 e. The molecule has 6 nitrogen and oxygen atoms in total. The Kier molecular flexibility index (Phi) is 6.49. The molecule has 0 unspecified atom stereocenters. The molecule has 2 heterocycles. The molecule has 0 atom stereocenters. The molecule has 1 fully saturated rings. The van der Waals surface area contributed by atoms with Crippen molar-refractivity contribution in [3.63, 3.8) is 0 Å². The van der Waals surface area contributed by atoms with Crippen LogP contribution >= 0.6 is 11.8 Å². The second-order valence-corrected chi connectivity index (χ2v) is 8.23. The van der Waals surface area contributed by atoms with Gasteiger partial charge in [0, 0.05) is 43.6 Å². The minimum absolute atomic E-state index is 0.0396. The Labute approximate surface area is 181 Å². The number of aryl methyl sites for hydroxylation is 1. The lowest BCUT2D eigenvalue weighted by molar-refractivity contribution is -0.113. The number of nitrogens with zero attached hydrogens (tertiary/aromatic N) is 4. The van der Waals surface area contributed by atoms with Crippen molar-refractivity contribution in [2.75, 3.05) is 47.0 Å². The third-order valence-electron chi connectivity index (χ3n) is 5.01. The molecule has 0 aliphatic carbocycles. The summed E-state index contributed by atoms with van der Waals surface area (Å²) in [6.07, 6.45) is 1.58. The number of thioether (sulfide) groups is 1. The number of carbonyl (C=O) groups excluding carboxylic acids is 1. The largest absolute Gasteiger partial charge is 0.368 e. The van der Waals surface area contributed by atoms with Gasteiger partial charge in [-0.05, 0) is 36.8 Å². The van der Waals surface area contributed by atoms with Crippen LogP contribution in [0, 0.1) is 6.92 Å². The first-order valence-electron chi connectivity index (χ1n) is 10.0. The summed E-state index contributed by atoms with van der Waals surface area (Å²) in [4.78, 5) is 25.7. The van der Waals surface area contributed by atoms with E-state index in [0.29, 0.717) is 5.75 Å². The smallest absolute Gasteiger partial charge is 0.234 e. The summed E-state index contributed by atoms with van der Waals surface area (Å²) in [7, 11) is 0. The fourth-order valence-corrected chi connectivity index (χ4v) is 4.14. The number of benzene rings is 2. The Morgan fingerprint density at radius 2 is 1.73 bits per heavy atom. The van der Waals surface area contributed by atoms with Gasteiger partial charge in [0.2, 0.25) is 5.91 Å². The van der Waals surface area contributed by atoms with Crippen LogP contribution in [0.1, 0.15) is 5.56 Å². The van der Waals surface area contributed by atoms with Crippen LogP contribution in [0.15, 0.2) is 72.0 Å². The Balaban J connectivity index is 1.30. The summed E-state index contributed by atoms with van der Waals surface area (Å²) in [6, 6.07) is 20.3. The minimum atomic E-state index is -0.0396. The number of hydrogen-bond donors (Lipinski definition) is 1. The quantitative estimate of drug-likeness (QED) is 0.484. The summed E-state index contributed by atoms with van der Waals surface area (Å²) in [6.45, 7) is 5.73. The molecule has 1 aliphatic heterocycles. The van der Waals surface area contributed by atoms with Gasteiger partial charge in [-0.2, -0.15) is 0 Å². The standard InChI is InChI=1S/C23H25N5OS/c1-18-6-5-7-19(14-18)26-22(29)16-30-23-15-21(24-17-25-23)28-12-10-27(11-13-28)20-8-3-2-4-9-20/h2-9,14-15,17H,10-13,16H2,1H3,(H,26,29). The van der Waals surface area contributed by atoms with Crippen LogP contribution in [0.4, 0.5) is 17.2 Å². The number of amides is 1. The van der Waals surface area contributed by atoms with Crippen molar-refractivity contribution in [2.45, 2.75) is 11.9 Å². The molecule has 0 bridgehead atoms. The van der Waals surface area contributed by atoms with Gasteiger partial charge in [0.1, 0.15) is 17.2 Å². The first-order chi connectivity index (χ1) is 14.7. The molecule has 2 aromatic carbocycles. The molecule has 1 aliphatic rings.